The van der Waals surface area contributed by atoms with Crippen molar-refractivity contribution < 1.29 is 14.7 Å². The minimum Gasteiger partial charge on any atom is -0.390 e. The van der Waals surface area contributed by atoms with Gasteiger partial charge in [0.05, 0.1) is 17.7 Å². The molecule has 5 rings (SSSR count). The van der Waals surface area contributed by atoms with Crippen LogP contribution in [0.1, 0.15) is 82.6 Å². The van der Waals surface area contributed by atoms with Gasteiger partial charge in [0.1, 0.15) is 0 Å². The molecule has 4 aliphatic rings. The van der Waals surface area contributed by atoms with E-state index in [-0.39, 0.29) is 29.4 Å². The number of hydrogen-bond donors (Lipinski definition) is 1. The minimum absolute atomic E-state index is 0.0147. The Morgan fingerprint density at radius 2 is 1.71 bits per heavy atom. The fourth-order valence-electron chi connectivity index (χ4n) is 7.01. The first-order valence-corrected chi connectivity index (χ1v) is 13.8. The van der Waals surface area contributed by atoms with Crippen LogP contribution in [-0.2, 0) is 10.3 Å². The highest BCUT2D eigenvalue weighted by Gasteiger charge is 2.55. The van der Waals surface area contributed by atoms with E-state index < -0.39 is 5.60 Å². The van der Waals surface area contributed by atoms with E-state index in [4.69, 9.17) is 0 Å². The molecule has 192 valence electrons. The molecule has 0 aromatic heterocycles. The summed E-state index contributed by atoms with van der Waals surface area (Å²) in [6.45, 7) is 1.69. The number of rotatable bonds is 9. The van der Waals surface area contributed by atoms with Gasteiger partial charge in [-0.05, 0) is 89.8 Å². The first-order valence-electron chi connectivity index (χ1n) is 13.8. The predicted octanol–water partition coefficient (Wildman–Crippen LogP) is 4.56. The average Bonchev–Trinajstić information content (AvgIpc) is 3.04. The van der Waals surface area contributed by atoms with Crippen molar-refractivity contribution in [2.24, 2.45) is 5.92 Å². The van der Waals surface area contributed by atoms with Crippen LogP contribution < -0.4 is 0 Å². The van der Waals surface area contributed by atoms with Gasteiger partial charge in [-0.25, -0.2) is 4.79 Å². The average molecular weight is 482 g/mol. The molecule has 1 heterocycles. The molecule has 1 aromatic rings. The summed E-state index contributed by atoms with van der Waals surface area (Å²) in [4.78, 5) is 32.9. The quantitative estimate of drug-likeness (QED) is 0.562. The first-order chi connectivity index (χ1) is 16.8. The van der Waals surface area contributed by atoms with E-state index >= 15 is 0 Å². The summed E-state index contributed by atoms with van der Waals surface area (Å²) in [7, 11) is 4.36. The van der Waals surface area contributed by atoms with Crippen LogP contribution >= 0.6 is 0 Å². The fraction of sp³-hybridized carbons (Fsp3) is 0.724. The van der Waals surface area contributed by atoms with E-state index in [2.05, 4.69) is 54.2 Å². The number of carbonyl (C=O) groups excluding carboxylic acids is 2. The van der Waals surface area contributed by atoms with Gasteiger partial charge in [-0.2, -0.15) is 0 Å². The van der Waals surface area contributed by atoms with Crippen LogP contribution in [0.25, 0.3) is 0 Å². The maximum absolute atomic E-state index is 13.7. The van der Waals surface area contributed by atoms with Crippen molar-refractivity contribution in [2.45, 2.75) is 93.7 Å². The van der Waals surface area contributed by atoms with Crippen LogP contribution in [0.4, 0.5) is 4.79 Å². The zero-order valence-corrected chi connectivity index (χ0v) is 21.7. The zero-order valence-electron chi connectivity index (χ0n) is 21.7. The molecule has 0 bridgehead atoms. The summed E-state index contributed by atoms with van der Waals surface area (Å²) in [5, 5.41) is 10.4. The van der Waals surface area contributed by atoms with Gasteiger partial charge in [-0.3, -0.25) is 9.69 Å². The number of nitrogens with zero attached hydrogens (tertiary/aromatic N) is 3. The van der Waals surface area contributed by atoms with Crippen molar-refractivity contribution in [3.63, 3.8) is 0 Å². The van der Waals surface area contributed by atoms with Gasteiger partial charge in [0.15, 0.2) is 5.78 Å². The molecule has 1 saturated heterocycles. The molecule has 1 spiro atoms. The normalized spacial score (nSPS) is 30.6. The second kappa shape index (κ2) is 9.51. The van der Waals surface area contributed by atoms with Gasteiger partial charge in [0.25, 0.3) is 0 Å². The Morgan fingerprint density at radius 3 is 2.26 bits per heavy atom. The molecule has 3 saturated carbocycles. The highest BCUT2D eigenvalue weighted by molar-refractivity contribution is 5.87. The molecule has 0 unspecified atom stereocenters. The Bertz CT molecular complexity index is 914. The molecule has 4 fully saturated rings. The van der Waals surface area contributed by atoms with Crippen molar-refractivity contribution in [3.05, 3.63) is 35.9 Å². The van der Waals surface area contributed by atoms with Crippen molar-refractivity contribution in [1.82, 2.24) is 14.7 Å². The second-order valence-electron chi connectivity index (χ2n) is 12.2. The molecular weight excluding hydrogens is 438 g/mol. The number of benzene rings is 1. The predicted molar refractivity (Wildman–Crippen MR) is 137 cm³/mol. The van der Waals surface area contributed by atoms with Gasteiger partial charge in [-0.1, -0.05) is 36.8 Å². The van der Waals surface area contributed by atoms with Crippen molar-refractivity contribution in [1.29, 1.82) is 0 Å². The van der Waals surface area contributed by atoms with Gasteiger partial charge in [-0.15, -0.1) is 0 Å². The van der Waals surface area contributed by atoms with Crippen LogP contribution in [-0.4, -0.2) is 76.5 Å². The molecule has 1 aromatic carbocycles. The number of urea groups is 1. The minimum atomic E-state index is -0.640. The largest absolute Gasteiger partial charge is 0.390 e. The molecule has 0 atom stereocenters. The van der Waals surface area contributed by atoms with E-state index in [9.17, 15) is 14.7 Å². The lowest BCUT2D eigenvalue weighted by atomic mass is 9.68. The molecular formula is C29H43N3O3. The Balaban J connectivity index is 1.31. The number of carbonyl (C=O) groups is 2. The maximum Gasteiger partial charge on any atom is 0.321 e. The van der Waals surface area contributed by atoms with E-state index in [0.717, 1.165) is 51.5 Å². The van der Waals surface area contributed by atoms with E-state index in [0.29, 0.717) is 25.3 Å². The van der Waals surface area contributed by atoms with Crippen molar-refractivity contribution >= 4 is 11.8 Å². The third-order valence-electron chi connectivity index (χ3n) is 9.92. The number of hydrogen-bond acceptors (Lipinski definition) is 4. The second-order valence-corrected chi connectivity index (χ2v) is 12.2. The summed E-state index contributed by atoms with van der Waals surface area (Å²) in [5.41, 5.74) is 0.529. The highest BCUT2D eigenvalue weighted by Crippen LogP contribution is 2.49. The standard InChI is InChI=1S/C29H43N3O3/c1-30(2)29(24-10-4-3-5-11-24)18-16-27(17-19-29)22-31(26(34)32(27)20-23-8-6-9-23)21-25(33)12-15-28(35)13-7-14-28/h3-5,10-11,23,35H,6-9,12-22H2,1-2H3. The van der Waals surface area contributed by atoms with E-state index in [1.54, 1.807) is 0 Å². The van der Waals surface area contributed by atoms with Crippen LogP contribution in [0, 0.1) is 5.92 Å². The van der Waals surface area contributed by atoms with Gasteiger partial charge >= 0.3 is 6.03 Å². The first kappa shape index (κ1) is 24.8. The fourth-order valence-corrected chi connectivity index (χ4v) is 7.01. The van der Waals surface area contributed by atoms with Crippen molar-refractivity contribution in [3.8, 4) is 0 Å². The van der Waals surface area contributed by atoms with Gasteiger partial charge in [0, 0.05) is 25.0 Å². The molecule has 2 amide bonds. The third kappa shape index (κ3) is 4.64. The molecule has 6 nitrogen and oxygen atoms in total. The van der Waals surface area contributed by atoms with Gasteiger partial charge < -0.3 is 14.9 Å². The van der Waals surface area contributed by atoms with Crippen LogP contribution in [0.5, 0.6) is 0 Å². The number of aliphatic hydroxyl groups is 1. The SMILES string of the molecule is CN(C)C1(c2ccccc2)CCC2(CC1)CN(CC(=O)CCC1(O)CCC1)C(=O)N2CC1CCC1. The smallest absolute Gasteiger partial charge is 0.321 e. The van der Waals surface area contributed by atoms with E-state index in [1.807, 2.05) is 4.90 Å². The van der Waals surface area contributed by atoms with Gasteiger partial charge in [0.2, 0.25) is 0 Å². The Kier molecular flexibility index (Phi) is 6.73. The molecule has 6 heteroatoms. The Hall–Kier alpha value is -1.92. The van der Waals surface area contributed by atoms with Crippen LogP contribution in [0.15, 0.2) is 30.3 Å². The summed E-state index contributed by atoms with van der Waals surface area (Å²) in [6.07, 6.45) is 11.2. The summed E-state index contributed by atoms with van der Waals surface area (Å²) < 4.78 is 0. The van der Waals surface area contributed by atoms with E-state index in [1.165, 1.54) is 24.8 Å². The lowest BCUT2D eigenvalue weighted by molar-refractivity contribution is -0.122. The molecule has 0 radical (unpaired) electrons. The summed E-state index contributed by atoms with van der Waals surface area (Å²) >= 11 is 0. The Morgan fingerprint density at radius 1 is 1.03 bits per heavy atom. The topological polar surface area (TPSA) is 64.1 Å². The zero-order chi connectivity index (χ0) is 24.7. The Labute approximate surface area is 210 Å². The van der Waals surface area contributed by atoms with Crippen molar-refractivity contribution in [2.75, 3.05) is 33.7 Å². The molecule has 1 aliphatic heterocycles. The number of Topliss-reactive ketones (excluding diaryl/α,β-unsaturated/α-hetero) is 1. The molecule has 1 N–H and O–H groups in total. The van der Waals surface area contributed by atoms with Crippen LogP contribution in [0.3, 0.4) is 0 Å². The summed E-state index contributed by atoms with van der Waals surface area (Å²) in [5.74, 6) is 0.691. The molecule has 3 aliphatic carbocycles. The number of ketones is 1. The third-order valence-corrected chi connectivity index (χ3v) is 9.92. The highest BCUT2D eigenvalue weighted by atomic mass is 16.3. The lowest BCUT2D eigenvalue weighted by Gasteiger charge is -2.51. The molecule has 35 heavy (non-hydrogen) atoms. The lowest BCUT2D eigenvalue weighted by Crippen LogP contribution is -2.56. The maximum atomic E-state index is 13.7. The monoisotopic (exact) mass is 481 g/mol. The number of amides is 2. The summed E-state index contributed by atoms with van der Waals surface area (Å²) in [6, 6.07) is 10.9. The van der Waals surface area contributed by atoms with Crippen LogP contribution in [0.2, 0.25) is 0 Å².